The Hall–Kier alpha value is -1.06. The van der Waals surface area contributed by atoms with Gasteiger partial charge in [-0.2, -0.15) is 0 Å². The molecule has 1 heterocycles. The molecular formula is C16H28N2O2. The minimum Gasteiger partial charge on any atom is -0.353 e. The Kier molecular flexibility index (Phi) is 5.86. The first kappa shape index (κ1) is 15.3. The molecule has 1 aliphatic heterocycles. The zero-order valence-corrected chi connectivity index (χ0v) is 12.7. The van der Waals surface area contributed by atoms with Crippen LogP contribution in [0.4, 0.5) is 0 Å². The van der Waals surface area contributed by atoms with Crippen molar-refractivity contribution in [2.75, 3.05) is 13.1 Å². The summed E-state index contributed by atoms with van der Waals surface area (Å²) in [6.45, 7) is 3.55. The van der Waals surface area contributed by atoms with Gasteiger partial charge in [0.1, 0.15) is 0 Å². The molecule has 2 rings (SSSR count). The molecule has 2 amide bonds. The van der Waals surface area contributed by atoms with Crippen molar-refractivity contribution in [3.05, 3.63) is 0 Å². The van der Waals surface area contributed by atoms with E-state index in [0.29, 0.717) is 19.0 Å². The highest BCUT2D eigenvalue weighted by atomic mass is 16.2. The van der Waals surface area contributed by atoms with E-state index in [1.54, 1.807) is 0 Å². The molecule has 4 nitrogen and oxygen atoms in total. The summed E-state index contributed by atoms with van der Waals surface area (Å²) in [6.07, 6.45) is 9.75. The number of carbonyl (C=O) groups excluding carboxylic acids is 2. The molecule has 1 aliphatic carbocycles. The van der Waals surface area contributed by atoms with Crippen LogP contribution >= 0.6 is 0 Å². The van der Waals surface area contributed by atoms with E-state index in [2.05, 4.69) is 12.2 Å². The first-order chi connectivity index (χ1) is 9.70. The van der Waals surface area contributed by atoms with Crippen molar-refractivity contribution in [3.8, 4) is 0 Å². The zero-order valence-electron chi connectivity index (χ0n) is 12.7. The molecule has 20 heavy (non-hydrogen) atoms. The van der Waals surface area contributed by atoms with Crippen LogP contribution in [0.2, 0.25) is 0 Å². The van der Waals surface area contributed by atoms with Crippen LogP contribution in [-0.2, 0) is 9.59 Å². The van der Waals surface area contributed by atoms with Crippen LogP contribution in [-0.4, -0.2) is 35.8 Å². The van der Waals surface area contributed by atoms with E-state index < -0.39 is 0 Å². The van der Waals surface area contributed by atoms with Crippen molar-refractivity contribution in [2.45, 2.75) is 70.8 Å². The summed E-state index contributed by atoms with van der Waals surface area (Å²) in [6, 6.07) is 0.338. The van der Waals surface area contributed by atoms with E-state index in [1.807, 2.05) is 4.90 Å². The maximum atomic E-state index is 12.3. The first-order valence-electron chi connectivity index (χ1n) is 8.29. The zero-order chi connectivity index (χ0) is 14.4. The van der Waals surface area contributed by atoms with Crippen LogP contribution < -0.4 is 5.32 Å². The van der Waals surface area contributed by atoms with Crippen LogP contribution in [0.1, 0.15) is 64.7 Å². The Bertz CT molecular complexity index is 335. The summed E-state index contributed by atoms with van der Waals surface area (Å²) in [5.74, 6) is 0.131. The van der Waals surface area contributed by atoms with E-state index >= 15 is 0 Å². The second-order valence-corrected chi connectivity index (χ2v) is 6.29. The van der Waals surface area contributed by atoms with Gasteiger partial charge >= 0.3 is 0 Å². The second-order valence-electron chi connectivity index (χ2n) is 6.29. The minimum absolute atomic E-state index is 0.101. The molecule has 4 heteroatoms. The maximum Gasteiger partial charge on any atom is 0.225 e. The third kappa shape index (κ3) is 4.22. The number of hydrogen-bond donors (Lipinski definition) is 1. The average molecular weight is 280 g/mol. The van der Waals surface area contributed by atoms with Crippen LogP contribution in [0.5, 0.6) is 0 Å². The fraction of sp³-hybridized carbons (Fsp3) is 0.875. The van der Waals surface area contributed by atoms with E-state index in [0.717, 1.165) is 32.2 Å². The summed E-state index contributed by atoms with van der Waals surface area (Å²) in [7, 11) is 0. The molecule has 2 aliphatic rings. The molecule has 114 valence electrons. The van der Waals surface area contributed by atoms with Gasteiger partial charge in [-0.25, -0.2) is 0 Å². The van der Waals surface area contributed by atoms with Gasteiger partial charge in [-0.15, -0.1) is 0 Å². The fourth-order valence-electron chi connectivity index (χ4n) is 3.26. The van der Waals surface area contributed by atoms with Gasteiger partial charge in [0, 0.05) is 25.6 Å². The highest BCUT2D eigenvalue weighted by Gasteiger charge is 2.34. The average Bonchev–Trinajstić information content (AvgIpc) is 2.64. The van der Waals surface area contributed by atoms with Gasteiger partial charge in [0.05, 0.1) is 5.92 Å². The van der Waals surface area contributed by atoms with Crippen molar-refractivity contribution < 1.29 is 9.59 Å². The van der Waals surface area contributed by atoms with Gasteiger partial charge < -0.3 is 10.2 Å². The summed E-state index contributed by atoms with van der Waals surface area (Å²) in [4.78, 5) is 26.1. The normalized spacial score (nSPS) is 24.8. The molecule has 1 saturated carbocycles. The Morgan fingerprint density at radius 1 is 1.25 bits per heavy atom. The number of hydrogen-bond acceptors (Lipinski definition) is 2. The molecule has 1 atom stereocenters. The monoisotopic (exact) mass is 280 g/mol. The number of likely N-dealkylation sites (tertiary alicyclic amines) is 1. The minimum atomic E-state index is -0.123. The standard InChI is InChI=1S/C16H28N2O2/c1-2-3-10-18-12-13(11-15(18)19)16(20)17-14-8-6-4-5-7-9-14/h13-14H,2-12H2,1H3,(H,17,20)/t13-/m0/s1. The van der Waals surface area contributed by atoms with Gasteiger partial charge in [0.25, 0.3) is 0 Å². The molecule has 1 saturated heterocycles. The van der Waals surface area contributed by atoms with Crippen LogP contribution in [0.3, 0.4) is 0 Å². The van der Waals surface area contributed by atoms with Crippen LogP contribution in [0, 0.1) is 5.92 Å². The molecule has 0 unspecified atom stereocenters. The summed E-state index contributed by atoms with van der Waals surface area (Å²) >= 11 is 0. The number of amides is 2. The predicted molar refractivity (Wildman–Crippen MR) is 79.2 cm³/mol. The summed E-state index contributed by atoms with van der Waals surface area (Å²) in [5.41, 5.74) is 0. The lowest BCUT2D eigenvalue weighted by atomic mass is 10.0. The van der Waals surface area contributed by atoms with Gasteiger partial charge in [0.2, 0.25) is 11.8 Å². The first-order valence-corrected chi connectivity index (χ1v) is 8.29. The third-order valence-electron chi connectivity index (χ3n) is 4.57. The maximum absolute atomic E-state index is 12.3. The third-order valence-corrected chi connectivity index (χ3v) is 4.57. The predicted octanol–water partition coefficient (Wildman–Crippen LogP) is 2.47. The fourth-order valence-corrected chi connectivity index (χ4v) is 3.26. The molecule has 0 bridgehead atoms. The second kappa shape index (κ2) is 7.65. The van der Waals surface area contributed by atoms with E-state index in [1.165, 1.54) is 25.7 Å². The van der Waals surface area contributed by atoms with Crippen molar-refractivity contribution in [1.82, 2.24) is 10.2 Å². The van der Waals surface area contributed by atoms with Crippen molar-refractivity contribution >= 4 is 11.8 Å². The lowest BCUT2D eigenvalue weighted by molar-refractivity contribution is -0.129. The molecule has 0 aromatic heterocycles. The highest BCUT2D eigenvalue weighted by molar-refractivity contribution is 5.89. The Balaban J connectivity index is 1.79. The lowest BCUT2D eigenvalue weighted by Gasteiger charge is -2.19. The van der Waals surface area contributed by atoms with Crippen LogP contribution in [0.25, 0.3) is 0 Å². The number of nitrogens with zero attached hydrogens (tertiary/aromatic N) is 1. The summed E-state index contributed by atoms with van der Waals surface area (Å²) in [5, 5.41) is 3.18. The van der Waals surface area contributed by atoms with Gasteiger partial charge in [0.15, 0.2) is 0 Å². The molecule has 0 aromatic carbocycles. The van der Waals surface area contributed by atoms with Crippen molar-refractivity contribution in [3.63, 3.8) is 0 Å². The topological polar surface area (TPSA) is 49.4 Å². The Morgan fingerprint density at radius 3 is 2.60 bits per heavy atom. The molecule has 0 spiro atoms. The van der Waals surface area contributed by atoms with Crippen molar-refractivity contribution in [2.24, 2.45) is 5.92 Å². The smallest absolute Gasteiger partial charge is 0.225 e. The largest absolute Gasteiger partial charge is 0.353 e. The highest BCUT2D eigenvalue weighted by Crippen LogP contribution is 2.21. The SMILES string of the molecule is CCCCN1C[C@@H](C(=O)NC2CCCCCC2)CC1=O. The Labute approximate surface area is 122 Å². The van der Waals surface area contributed by atoms with E-state index in [4.69, 9.17) is 0 Å². The van der Waals surface area contributed by atoms with Gasteiger partial charge in [-0.05, 0) is 19.3 Å². The lowest BCUT2D eigenvalue weighted by Crippen LogP contribution is -2.39. The molecular weight excluding hydrogens is 252 g/mol. The number of rotatable bonds is 5. The molecule has 1 N–H and O–H groups in total. The number of nitrogens with one attached hydrogen (secondary N) is 1. The van der Waals surface area contributed by atoms with Gasteiger partial charge in [-0.1, -0.05) is 39.0 Å². The molecule has 0 aromatic rings. The van der Waals surface area contributed by atoms with Gasteiger partial charge in [-0.3, -0.25) is 9.59 Å². The van der Waals surface area contributed by atoms with E-state index in [-0.39, 0.29) is 17.7 Å². The van der Waals surface area contributed by atoms with Crippen molar-refractivity contribution in [1.29, 1.82) is 0 Å². The quantitative estimate of drug-likeness (QED) is 0.787. The Morgan fingerprint density at radius 2 is 1.95 bits per heavy atom. The summed E-state index contributed by atoms with van der Waals surface area (Å²) < 4.78 is 0. The molecule has 0 radical (unpaired) electrons. The number of unbranched alkanes of at least 4 members (excludes halogenated alkanes) is 1. The van der Waals surface area contributed by atoms with Crippen LogP contribution in [0.15, 0.2) is 0 Å². The number of carbonyl (C=O) groups is 2. The molecule has 2 fully saturated rings. The van der Waals surface area contributed by atoms with E-state index in [9.17, 15) is 9.59 Å².